The number of azide groups is 1. The van der Waals surface area contributed by atoms with Crippen LogP contribution in [0.4, 0.5) is 0 Å². The number of benzene rings is 1. The fourth-order valence-corrected chi connectivity index (χ4v) is 6.98. The molecule has 170 valence electrons. The van der Waals surface area contributed by atoms with Gasteiger partial charge in [-0.25, -0.2) is 8.42 Å². The molecule has 0 bridgehead atoms. The monoisotopic (exact) mass is 446 g/mol. The van der Waals surface area contributed by atoms with E-state index in [-0.39, 0.29) is 16.6 Å². The lowest BCUT2D eigenvalue weighted by molar-refractivity contribution is -0.171. The van der Waals surface area contributed by atoms with Gasteiger partial charge in [0.1, 0.15) is 0 Å². The van der Waals surface area contributed by atoms with E-state index in [1.807, 2.05) is 19.1 Å². The van der Waals surface area contributed by atoms with Gasteiger partial charge in [-0.05, 0) is 43.9 Å². The first-order valence-electron chi connectivity index (χ1n) is 11.3. The van der Waals surface area contributed by atoms with Crippen LogP contribution in [0.25, 0.3) is 10.4 Å². The third-order valence-corrected chi connectivity index (χ3v) is 9.92. The lowest BCUT2D eigenvalue weighted by Gasteiger charge is -2.69. The molecule has 9 heteroatoms. The standard InChI is InChI=1S/C22H34N6O2S/c1-5-20(24-25-23)12-26(13-20)21(6-2)14-27(15-21)22(7-3)16-28(17-22)31(29,30)19-10-8-18(4)9-11-19/h8-11H,5-7,12-17H2,1-4H3. The fourth-order valence-electron chi connectivity index (χ4n) is 5.39. The maximum atomic E-state index is 13.0. The second-order valence-corrected chi connectivity index (χ2v) is 11.7. The van der Waals surface area contributed by atoms with Gasteiger partial charge in [0.05, 0.1) is 10.4 Å². The molecule has 0 saturated carbocycles. The van der Waals surface area contributed by atoms with Crippen molar-refractivity contribution < 1.29 is 8.42 Å². The predicted molar refractivity (Wildman–Crippen MR) is 121 cm³/mol. The van der Waals surface area contributed by atoms with Gasteiger partial charge in [0.25, 0.3) is 0 Å². The number of sulfonamides is 1. The molecule has 0 radical (unpaired) electrons. The highest BCUT2D eigenvalue weighted by atomic mass is 32.2. The van der Waals surface area contributed by atoms with E-state index in [2.05, 4.69) is 40.6 Å². The molecule has 8 nitrogen and oxygen atoms in total. The highest BCUT2D eigenvalue weighted by molar-refractivity contribution is 7.89. The van der Waals surface area contributed by atoms with Crippen molar-refractivity contribution in [3.05, 3.63) is 40.3 Å². The maximum absolute atomic E-state index is 13.0. The minimum atomic E-state index is -3.44. The lowest BCUT2D eigenvalue weighted by atomic mass is 9.73. The average molecular weight is 447 g/mol. The summed E-state index contributed by atoms with van der Waals surface area (Å²) < 4.78 is 27.7. The van der Waals surface area contributed by atoms with Crippen molar-refractivity contribution in [1.29, 1.82) is 0 Å². The molecular weight excluding hydrogens is 412 g/mol. The van der Waals surface area contributed by atoms with E-state index in [9.17, 15) is 8.42 Å². The molecule has 3 aliphatic rings. The molecule has 0 spiro atoms. The Morgan fingerprint density at radius 2 is 1.42 bits per heavy atom. The van der Waals surface area contributed by atoms with Crippen LogP contribution in [0, 0.1) is 6.92 Å². The molecule has 0 aromatic heterocycles. The highest BCUT2D eigenvalue weighted by Gasteiger charge is 2.61. The van der Waals surface area contributed by atoms with Gasteiger partial charge in [-0.1, -0.05) is 43.6 Å². The summed E-state index contributed by atoms with van der Waals surface area (Å²) in [5.74, 6) is 0. The van der Waals surface area contributed by atoms with Gasteiger partial charge in [-0.15, -0.1) is 0 Å². The van der Waals surface area contributed by atoms with Crippen molar-refractivity contribution in [3.8, 4) is 0 Å². The Bertz CT molecular complexity index is 968. The van der Waals surface area contributed by atoms with Crippen LogP contribution in [0.15, 0.2) is 34.3 Å². The Balaban J connectivity index is 1.41. The Morgan fingerprint density at radius 1 is 0.903 bits per heavy atom. The number of rotatable bonds is 8. The molecule has 1 aromatic carbocycles. The highest BCUT2D eigenvalue weighted by Crippen LogP contribution is 2.46. The third kappa shape index (κ3) is 3.47. The van der Waals surface area contributed by atoms with Crippen LogP contribution < -0.4 is 0 Å². The van der Waals surface area contributed by atoms with Gasteiger partial charge >= 0.3 is 0 Å². The molecule has 0 aliphatic carbocycles. The van der Waals surface area contributed by atoms with Crippen LogP contribution in [0.5, 0.6) is 0 Å². The quantitative estimate of drug-likeness (QED) is 0.348. The zero-order valence-electron chi connectivity index (χ0n) is 19.1. The molecule has 4 rings (SSSR count). The van der Waals surface area contributed by atoms with E-state index in [1.165, 1.54) is 0 Å². The van der Waals surface area contributed by atoms with E-state index < -0.39 is 10.0 Å². The predicted octanol–water partition coefficient (Wildman–Crippen LogP) is 3.39. The van der Waals surface area contributed by atoms with E-state index in [0.717, 1.165) is 51.0 Å². The molecule has 0 atom stereocenters. The van der Waals surface area contributed by atoms with Crippen LogP contribution in [-0.4, -0.2) is 78.4 Å². The van der Waals surface area contributed by atoms with Gasteiger partial charge < -0.3 is 0 Å². The van der Waals surface area contributed by atoms with Crippen LogP contribution >= 0.6 is 0 Å². The molecule has 3 saturated heterocycles. The van der Waals surface area contributed by atoms with E-state index in [4.69, 9.17) is 5.53 Å². The summed E-state index contributed by atoms with van der Waals surface area (Å²) in [6.45, 7) is 13.1. The SMILES string of the molecule is CCC1(N=[N+]=[N-])CN(C2(CC)CN(C3(CC)CN(S(=O)(=O)c4ccc(C)cc4)C3)C2)C1. The summed E-state index contributed by atoms with van der Waals surface area (Å²) in [6, 6.07) is 7.11. The number of nitrogens with zero attached hydrogens (tertiary/aromatic N) is 6. The van der Waals surface area contributed by atoms with Gasteiger partial charge in [0.2, 0.25) is 10.0 Å². The first-order chi connectivity index (χ1) is 14.7. The molecule has 0 unspecified atom stereocenters. The summed E-state index contributed by atoms with van der Waals surface area (Å²) in [4.78, 5) is 8.40. The minimum absolute atomic E-state index is 0.0754. The van der Waals surface area contributed by atoms with E-state index in [0.29, 0.717) is 18.0 Å². The lowest BCUT2D eigenvalue weighted by Crippen LogP contribution is -2.84. The number of likely N-dealkylation sites (tertiary alicyclic amines) is 2. The smallest absolute Gasteiger partial charge is 0.243 e. The Kier molecular flexibility index (Phi) is 5.63. The van der Waals surface area contributed by atoms with Crippen molar-refractivity contribution >= 4 is 10.0 Å². The normalized spacial score (nSPS) is 25.0. The zero-order valence-corrected chi connectivity index (χ0v) is 19.9. The topological polar surface area (TPSA) is 92.6 Å². The maximum Gasteiger partial charge on any atom is 0.243 e. The van der Waals surface area contributed by atoms with Gasteiger partial charge in [0, 0.05) is 55.3 Å². The minimum Gasteiger partial charge on any atom is -0.294 e. The molecule has 0 amide bonds. The Hall–Kier alpha value is -1.64. The molecule has 3 heterocycles. The van der Waals surface area contributed by atoms with Crippen molar-refractivity contribution in [2.75, 3.05) is 39.3 Å². The van der Waals surface area contributed by atoms with Crippen LogP contribution in [0.1, 0.15) is 45.6 Å². The molecule has 3 aliphatic heterocycles. The average Bonchev–Trinajstić information content (AvgIpc) is 2.66. The van der Waals surface area contributed by atoms with Crippen molar-refractivity contribution in [1.82, 2.24) is 14.1 Å². The van der Waals surface area contributed by atoms with Crippen LogP contribution in [-0.2, 0) is 10.0 Å². The summed E-state index contributed by atoms with van der Waals surface area (Å²) in [6.07, 6.45) is 2.84. The first-order valence-corrected chi connectivity index (χ1v) is 12.8. The summed E-state index contributed by atoms with van der Waals surface area (Å²) in [5, 5.41) is 4.07. The van der Waals surface area contributed by atoms with Crippen LogP contribution in [0.3, 0.4) is 0 Å². The Labute approximate surface area is 185 Å². The largest absolute Gasteiger partial charge is 0.294 e. The number of aryl methyl sites for hydroxylation is 1. The Morgan fingerprint density at radius 3 is 1.90 bits per heavy atom. The third-order valence-electron chi connectivity index (χ3n) is 8.11. The number of hydrogen-bond donors (Lipinski definition) is 0. The molecule has 1 aromatic rings. The fraction of sp³-hybridized carbons (Fsp3) is 0.727. The van der Waals surface area contributed by atoms with Crippen molar-refractivity contribution in [2.24, 2.45) is 5.11 Å². The van der Waals surface area contributed by atoms with Gasteiger partial charge in [-0.3, -0.25) is 9.80 Å². The zero-order chi connectivity index (χ0) is 22.5. The molecular formula is C22H34N6O2S. The summed E-state index contributed by atoms with van der Waals surface area (Å²) >= 11 is 0. The van der Waals surface area contributed by atoms with Crippen LogP contribution in [0.2, 0.25) is 0 Å². The van der Waals surface area contributed by atoms with E-state index >= 15 is 0 Å². The second-order valence-electron chi connectivity index (χ2n) is 9.72. The summed E-state index contributed by atoms with van der Waals surface area (Å²) in [5.41, 5.74) is 9.74. The van der Waals surface area contributed by atoms with E-state index in [1.54, 1.807) is 16.4 Å². The van der Waals surface area contributed by atoms with Crippen molar-refractivity contribution in [2.45, 2.75) is 68.5 Å². The molecule has 3 fully saturated rings. The molecule has 31 heavy (non-hydrogen) atoms. The van der Waals surface area contributed by atoms with Gasteiger partial charge in [-0.2, -0.15) is 4.31 Å². The summed E-state index contributed by atoms with van der Waals surface area (Å²) in [7, 11) is -3.44. The second kappa shape index (κ2) is 7.74. The molecule has 0 N–H and O–H groups in total. The van der Waals surface area contributed by atoms with Crippen molar-refractivity contribution in [3.63, 3.8) is 0 Å². The van der Waals surface area contributed by atoms with Gasteiger partial charge in [0.15, 0.2) is 0 Å². The first kappa shape index (κ1) is 22.6. The number of hydrogen-bond acceptors (Lipinski definition) is 5.